The first kappa shape index (κ1) is 18.0. The number of amides is 2. The number of aromatic nitrogens is 1. The van der Waals surface area contributed by atoms with Crippen LogP contribution in [0, 0.1) is 11.3 Å². The van der Waals surface area contributed by atoms with Crippen LogP contribution in [-0.2, 0) is 4.74 Å². The number of pyridine rings is 1. The molecule has 2 aromatic heterocycles. The average molecular weight is 415 g/mol. The number of benzene rings is 1. The largest absolute Gasteiger partial charge is 0.492 e. The maximum Gasteiger partial charge on any atom is 0.350 e. The molecule has 0 bridgehead atoms. The number of urea groups is 1. The average Bonchev–Trinajstić information content (AvgIpc) is 3.01. The third kappa shape index (κ3) is 2.54. The summed E-state index contributed by atoms with van der Waals surface area (Å²) in [6, 6.07) is 7.85. The highest BCUT2D eigenvalue weighted by Gasteiger charge is 2.37. The number of carbonyl (C=O) groups excluding carboxylic acids is 2. The second kappa shape index (κ2) is 6.67. The second-order valence-electron chi connectivity index (χ2n) is 5.69. The van der Waals surface area contributed by atoms with Crippen molar-refractivity contribution in [2.45, 2.75) is 6.92 Å². The van der Waals surface area contributed by atoms with Gasteiger partial charge in [0, 0.05) is 0 Å². The molecule has 2 amide bonds. The minimum Gasteiger partial charge on any atom is -0.492 e. The Balaban J connectivity index is 2.09. The van der Waals surface area contributed by atoms with E-state index >= 15 is 0 Å². The number of hydrogen-bond acceptors (Lipinski definition) is 7. The van der Waals surface area contributed by atoms with E-state index < -0.39 is 17.9 Å². The van der Waals surface area contributed by atoms with Crippen molar-refractivity contribution < 1.29 is 19.4 Å². The Kier molecular flexibility index (Phi) is 4.30. The number of nitrogens with zero attached hydrogens (tertiary/aromatic N) is 3. The van der Waals surface area contributed by atoms with Gasteiger partial charge in [-0.1, -0.05) is 23.7 Å². The van der Waals surface area contributed by atoms with Crippen molar-refractivity contribution in [2.75, 3.05) is 16.8 Å². The van der Waals surface area contributed by atoms with Crippen LogP contribution in [0.5, 0.6) is 5.88 Å². The molecule has 0 unspecified atom stereocenters. The van der Waals surface area contributed by atoms with Gasteiger partial charge in [-0.3, -0.25) is 4.90 Å². The number of nitrogens with one attached hydrogen (secondary N) is 1. The van der Waals surface area contributed by atoms with Crippen LogP contribution in [0.3, 0.4) is 0 Å². The Morgan fingerprint density at radius 3 is 2.89 bits per heavy atom. The van der Waals surface area contributed by atoms with Gasteiger partial charge in [-0.25, -0.2) is 14.6 Å². The Morgan fingerprint density at radius 2 is 2.21 bits per heavy atom. The molecule has 1 aliphatic heterocycles. The standard InChI is InChI=1S/C18H11ClN4O4S/c1-2-27-17(25)14-12-11-13(8(7-20)15(24)22-16(11)28-14)23(18(26)21-12)10-6-4-3-5-9(10)19/h3-6H,2H2,1H3,(H,21,26)(H,22,24). The number of ether oxygens (including phenoxy) is 1. The summed E-state index contributed by atoms with van der Waals surface area (Å²) >= 11 is 7.22. The van der Waals surface area contributed by atoms with E-state index in [-0.39, 0.29) is 38.3 Å². The van der Waals surface area contributed by atoms with Crippen LogP contribution in [0.25, 0.3) is 10.2 Å². The highest BCUT2D eigenvalue weighted by atomic mass is 35.5. The molecule has 0 radical (unpaired) electrons. The van der Waals surface area contributed by atoms with Crippen molar-refractivity contribution in [1.82, 2.24) is 4.98 Å². The van der Waals surface area contributed by atoms with Gasteiger partial charge in [0.1, 0.15) is 21.3 Å². The van der Waals surface area contributed by atoms with Crippen molar-refractivity contribution in [3.63, 3.8) is 0 Å². The SMILES string of the molecule is CCOC(=O)c1sc2nc(O)c(C#N)c3c2c1NC(=O)N3c1ccccc1Cl. The van der Waals surface area contributed by atoms with Gasteiger partial charge in [-0.2, -0.15) is 5.26 Å². The highest BCUT2D eigenvalue weighted by Crippen LogP contribution is 2.50. The summed E-state index contributed by atoms with van der Waals surface area (Å²) in [5.41, 5.74) is 0.436. The van der Waals surface area contributed by atoms with E-state index in [1.807, 2.05) is 6.07 Å². The number of nitriles is 1. The molecule has 1 aromatic carbocycles. The molecule has 0 saturated carbocycles. The number of aromatic hydroxyl groups is 1. The predicted molar refractivity (Wildman–Crippen MR) is 105 cm³/mol. The summed E-state index contributed by atoms with van der Waals surface area (Å²) in [4.78, 5) is 30.9. The summed E-state index contributed by atoms with van der Waals surface area (Å²) in [7, 11) is 0. The lowest BCUT2D eigenvalue weighted by Gasteiger charge is -2.29. The third-order valence-electron chi connectivity index (χ3n) is 4.12. The molecule has 1 aliphatic rings. The first-order valence-electron chi connectivity index (χ1n) is 8.10. The number of anilines is 3. The lowest BCUT2D eigenvalue weighted by atomic mass is 10.1. The molecule has 3 aromatic rings. The van der Waals surface area contributed by atoms with Gasteiger partial charge >= 0.3 is 12.0 Å². The first-order valence-corrected chi connectivity index (χ1v) is 9.29. The smallest absolute Gasteiger partial charge is 0.350 e. The Bertz CT molecular complexity index is 1200. The molecular weight excluding hydrogens is 404 g/mol. The molecule has 4 rings (SSSR count). The summed E-state index contributed by atoms with van der Waals surface area (Å²) in [6.45, 7) is 1.82. The van der Waals surface area contributed by atoms with E-state index in [9.17, 15) is 20.0 Å². The van der Waals surface area contributed by atoms with E-state index in [0.29, 0.717) is 11.1 Å². The van der Waals surface area contributed by atoms with Gasteiger partial charge < -0.3 is 15.2 Å². The van der Waals surface area contributed by atoms with E-state index in [1.54, 1.807) is 31.2 Å². The number of rotatable bonds is 3. The molecule has 3 heterocycles. The van der Waals surface area contributed by atoms with Crippen molar-refractivity contribution in [3.8, 4) is 11.9 Å². The van der Waals surface area contributed by atoms with Crippen molar-refractivity contribution >= 4 is 62.2 Å². The normalized spacial score (nSPS) is 12.6. The lowest BCUT2D eigenvalue weighted by Crippen LogP contribution is -2.35. The molecule has 0 saturated heterocycles. The molecule has 0 fully saturated rings. The number of halogens is 1. The van der Waals surface area contributed by atoms with Crippen LogP contribution in [0.15, 0.2) is 24.3 Å². The molecule has 0 aliphatic carbocycles. The van der Waals surface area contributed by atoms with Crippen molar-refractivity contribution in [3.05, 3.63) is 39.7 Å². The van der Waals surface area contributed by atoms with Crippen LogP contribution in [0.4, 0.5) is 21.9 Å². The zero-order valence-corrected chi connectivity index (χ0v) is 15.9. The number of carbonyl (C=O) groups is 2. The fourth-order valence-corrected chi connectivity index (χ4v) is 4.26. The Labute approximate surface area is 167 Å². The molecule has 0 spiro atoms. The van der Waals surface area contributed by atoms with Crippen LogP contribution in [-0.4, -0.2) is 28.7 Å². The third-order valence-corrected chi connectivity index (χ3v) is 5.50. The number of esters is 1. The molecule has 10 heteroatoms. The van der Waals surface area contributed by atoms with Crippen LogP contribution in [0.2, 0.25) is 5.02 Å². The van der Waals surface area contributed by atoms with Gasteiger partial charge in [0.25, 0.3) is 0 Å². The van der Waals surface area contributed by atoms with Crippen LogP contribution >= 0.6 is 22.9 Å². The molecule has 140 valence electrons. The minimum atomic E-state index is -0.632. The fourth-order valence-electron chi connectivity index (χ4n) is 3.01. The highest BCUT2D eigenvalue weighted by molar-refractivity contribution is 7.21. The second-order valence-corrected chi connectivity index (χ2v) is 7.10. The summed E-state index contributed by atoms with van der Waals surface area (Å²) in [5.74, 6) is -1.17. The number of para-hydroxylation sites is 1. The fraction of sp³-hybridized carbons (Fsp3) is 0.111. The minimum absolute atomic E-state index is 0.114. The van der Waals surface area contributed by atoms with Gasteiger partial charge in [0.05, 0.1) is 34.1 Å². The molecule has 0 atom stereocenters. The van der Waals surface area contributed by atoms with Gasteiger partial charge in [0.2, 0.25) is 5.88 Å². The number of hydrogen-bond donors (Lipinski definition) is 2. The van der Waals surface area contributed by atoms with E-state index in [4.69, 9.17) is 16.3 Å². The summed E-state index contributed by atoms with van der Waals surface area (Å²) in [5, 5.41) is 23.2. The van der Waals surface area contributed by atoms with E-state index in [2.05, 4.69) is 10.3 Å². The van der Waals surface area contributed by atoms with Crippen molar-refractivity contribution in [1.29, 1.82) is 5.26 Å². The van der Waals surface area contributed by atoms with Crippen LogP contribution < -0.4 is 10.2 Å². The van der Waals surface area contributed by atoms with Crippen LogP contribution in [0.1, 0.15) is 22.2 Å². The zero-order chi connectivity index (χ0) is 20.0. The Hall–Kier alpha value is -3.35. The summed E-state index contributed by atoms with van der Waals surface area (Å²) < 4.78 is 5.05. The van der Waals surface area contributed by atoms with E-state index in [1.165, 1.54) is 4.90 Å². The number of thiophene rings is 1. The maximum atomic E-state index is 13.0. The zero-order valence-electron chi connectivity index (χ0n) is 14.3. The monoisotopic (exact) mass is 414 g/mol. The molecule has 28 heavy (non-hydrogen) atoms. The predicted octanol–water partition coefficient (Wildman–Crippen LogP) is 4.39. The van der Waals surface area contributed by atoms with Gasteiger partial charge in [-0.15, -0.1) is 11.3 Å². The molecular formula is C18H11ClN4O4S. The maximum absolute atomic E-state index is 13.0. The quantitative estimate of drug-likeness (QED) is 0.614. The summed E-state index contributed by atoms with van der Waals surface area (Å²) in [6.07, 6.45) is 0. The Morgan fingerprint density at radius 1 is 1.46 bits per heavy atom. The van der Waals surface area contributed by atoms with E-state index in [0.717, 1.165) is 11.3 Å². The topological polar surface area (TPSA) is 116 Å². The van der Waals surface area contributed by atoms with Gasteiger partial charge in [0.15, 0.2) is 0 Å². The van der Waals surface area contributed by atoms with Gasteiger partial charge in [-0.05, 0) is 19.1 Å². The van der Waals surface area contributed by atoms with Crippen molar-refractivity contribution in [2.24, 2.45) is 0 Å². The molecule has 2 N–H and O–H groups in total. The first-order chi connectivity index (χ1) is 13.5. The lowest BCUT2D eigenvalue weighted by molar-refractivity contribution is 0.0533. The molecule has 8 nitrogen and oxygen atoms in total.